The standard InChI is InChI=1S/C14H18N2O3/c1-3-10(2)16-14(19)15-9-8-11-4-6-12(7-5-11)13(17)18/h3-7,10H,1,8-9H2,2H3,(H,17,18)(H2,15,16,19). The molecular weight excluding hydrogens is 244 g/mol. The van der Waals surface area contributed by atoms with Gasteiger partial charge in [0.1, 0.15) is 0 Å². The van der Waals surface area contributed by atoms with Crippen LogP contribution in [0, 0.1) is 0 Å². The number of carboxylic acids is 1. The molecular formula is C14H18N2O3. The second-order valence-electron chi connectivity index (χ2n) is 4.18. The zero-order valence-electron chi connectivity index (χ0n) is 10.8. The SMILES string of the molecule is C=CC(C)NC(=O)NCCc1ccc(C(=O)O)cc1. The highest BCUT2D eigenvalue weighted by atomic mass is 16.4. The molecule has 3 N–H and O–H groups in total. The van der Waals surface area contributed by atoms with Crippen molar-refractivity contribution in [2.45, 2.75) is 19.4 Å². The van der Waals surface area contributed by atoms with E-state index in [2.05, 4.69) is 17.2 Å². The fourth-order valence-electron chi connectivity index (χ4n) is 1.45. The molecule has 1 atom stereocenters. The average Bonchev–Trinajstić information content (AvgIpc) is 2.39. The van der Waals surface area contributed by atoms with Gasteiger partial charge < -0.3 is 15.7 Å². The van der Waals surface area contributed by atoms with E-state index in [-0.39, 0.29) is 17.6 Å². The lowest BCUT2D eigenvalue weighted by Gasteiger charge is -2.10. The Hall–Kier alpha value is -2.30. The van der Waals surface area contributed by atoms with Gasteiger partial charge in [-0.2, -0.15) is 0 Å². The van der Waals surface area contributed by atoms with Crippen LogP contribution in [0.3, 0.4) is 0 Å². The normalized spacial score (nSPS) is 11.4. The zero-order chi connectivity index (χ0) is 14.3. The minimum Gasteiger partial charge on any atom is -0.478 e. The number of hydrogen-bond donors (Lipinski definition) is 3. The fraction of sp³-hybridized carbons (Fsp3) is 0.286. The molecule has 0 saturated carbocycles. The van der Waals surface area contributed by atoms with Crippen LogP contribution in [-0.2, 0) is 6.42 Å². The summed E-state index contributed by atoms with van der Waals surface area (Å²) in [6, 6.07) is 6.28. The van der Waals surface area contributed by atoms with Crippen LogP contribution >= 0.6 is 0 Å². The van der Waals surface area contributed by atoms with Crippen LogP contribution in [0.4, 0.5) is 4.79 Å². The number of carboxylic acid groups (broad SMARTS) is 1. The first-order valence-electron chi connectivity index (χ1n) is 6.02. The van der Waals surface area contributed by atoms with E-state index in [1.54, 1.807) is 30.3 Å². The van der Waals surface area contributed by atoms with Gasteiger partial charge in [0.15, 0.2) is 0 Å². The molecule has 0 aromatic heterocycles. The minimum atomic E-state index is -0.942. The molecule has 1 aromatic rings. The third-order valence-corrected chi connectivity index (χ3v) is 2.61. The molecule has 1 aromatic carbocycles. The smallest absolute Gasteiger partial charge is 0.335 e. The molecule has 0 aliphatic heterocycles. The molecule has 0 heterocycles. The van der Waals surface area contributed by atoms with Gasteiger partial charge >= 0.3 is 12.0 Å². The number of aromatic carboxylic acids is 1. The largest absolute Gasteiger partial charge is 0.478 e. The number of nitrogens with one attached hydrogen (secondary N) is 2. The van der Waals surface area contributed by atoms with Gasteiger partial charge in [-0.3, -0.25) is 0 Å². The highest BCUT2D eigenvalue weighted by Crippen LogP contribution is 2.04. The van der Waals surface area contributed by atoms with Crippen molar-refractivity contribution in [1.82, 2.24) is 10.6 Å². The van der Waals surface area contributed by atoms with Crippen LogP contribution in [0.25, 0.3) is 0 Å². The molecule has 0 saturated heterocycles. The van der Waals surface area contributed by atoms with Gasteiger partial charge in [0.2, 0.25) is 0 Å². The first-order chi connectivity index (χ1) is 9.02. The van der Waals surface area contributed by atoms with E-state index in [1.165, 1.54) is 0 Å². The number of carbonyl (C=O) groups excluding carboxylic acids is 1. The van der Waals surface area contributed by atoms with Crippen molar-refractivity contribution in [1.29, 1.82) is 0 Å². The Kier molecular flexibility index (Phi) is 5.60. The Morgan fingerprint density at radius 2 is 2.00 bits per heavy atom. The van der Waals surface area contributed by atoms with Crippen molar-refractivity contribution in [3.63, 3.8) is 0 Å². The van der Waals surface area contributed by atoms with Gasteiger partial charge in [0, 0.05) is 12.6 Å². The summed E-state index contributed by atoms with van der Waals surface area (Å²) < 4.78 is 0. The van der Waals surface area contributed by atoms with Crippen LogP contribution in [-0.4, -0.2) is 29.7 Å². The molecule has 0 fully saturated rings. The molecule has 1 unspecified atom stereocenters. The molecule has 0 radical (unpaired) electrons. The Labute approximate surface area is 112 Å². The quantitative estimate of drug-likeness (QED) is 0.684. The Bertz CT molecular complexity index is 454. The van der Waals surface area contributed by atoms with Gasteiger partial charge in [-0.1, -0.05) is 18.2 Å². The molecule has 0 aliphatic carbocycles. The second kappa shape index (κ2) is 7.20. The lowest BCUT2D eigenvalue weighted by atomic mass is 10.1. The van der Waals surface area contributed by atoms with Crippen LogP contribution in [0.2, 0.25) is 0 Å². The zero-order valence-corrected chi connectivity index (χ0v) is 10.8. The van der Waals surface area contributed by atoms with Gasteiger partial charge in [-0.25, -0.2) is 9.59 Å². The minimum absolute atomic E-state index is 0.0742. The maximum atomic E-state index is 11.4. The summed E-state index contributed by atoms with van der Waals surface area (Å²) >= 11 is 0. The van der Waals surface area contributed by atoms with Crippen molar-refractivity contribution >= 4 is 12.0 Å². The number of carbonyl (C=O) groups is 2. The van der Waals surface area contributed by atoms with Gasteiger partial charge in [-0.05, 0) is 31.0 Å². The average molecular weight is 262 g/mol. The number of rotatable bonds is 6. The Balaban J connectivity index is 2.35. The highest BCUT2D eigenvalue weighted by Gasteiger charge is 2.04. The predicted octanol–water partition coefficient (Wildman–Crippen LogP) is 1.80. The topological polar surface area (TPSA) is 78.4 Å². The first-order valence-corrected chi connectivity index (χ1v) is 6.02. The molecule has 5 nitrogen and oxygen atoms in total. The van der Waals surface area contributed by atoms with Gasteiger partial charge in [0.05, 0.1) is 5.56 Å². The predicted molar refractivity (Wildman–Crippen MR) is 73.3 cm³/mol. The van der Waals surface area contributed by atoms with Gasteiger partial charge in [-0.15, -0.1) is 6.58 Å². The number of urea groups is 1. The van der Waals surface area contributed by atoms with E-state index >= 15 is 0 Å². The summed E-state index contributed by atoms with van der Waals surface area (Å²) in [4.78, 5) is 22.1. The summed E-state index contributed by atoms with van der Waals surface area (Å²) in [6.07, 6.45) is 2.29. The highest BCUT2D eigenvalue weighted by molar-refractivity contribution is 5.87. The van der Waals surface area contributed by atoms with Crippen molar-refractivity contribution in [3.8, 4) is 0 Å². The summed E-state index contributed by atoms with van der Waals surface area (Å²) in [5.41, 5.74) is 1.23. The maximum absolute atomic E-state index is 11.4. The van der Waals surface area contributed by atoms with Gasteiger partial charge in [0.25, 0.3) is 0 Å². The van der Waals surface area contributed by atoms with Crippen molar-refractivity contribution in [3.05, 3.63) is 48.0 Å². The molecule has 1 rings (SSSR count). The van der Waals surface area contributed by atoms with Crippen molar-refractivity contribution in [2.24, 2.45) is 0 Å². The molecule has 0 bridgehead atoms. The lowest BCUT2D eigenvalue weighted by molar-refractivity contribution is 0.0697. The fourth-order valence-corrected chi connectivity index (χ4v) is 1.45. The van der Waals surface area contributed by atoms with E-state index in [0.29, 0.717) is 13.0 Å². The number of hydrogen-bond acceptors (Lipinski definition) is 2. The summed E-state index contributed by atoms with van der Waals surface area (Å²) in [5.74, 6) is -0.942. The van der Waals surface area contributed by atoms with Crippen molar-refractivity contribution in [2.75, 3.05) is 6.54 Å². The molecule has 102 valence electrons. The summed E-state index contributed by atoms with van der Waals surface area (Å²) in [6.45, 7) is 5.89. The van der Waals surface area contributed by atoms with Crippen molar-refractivity contribution < 1.29 is 14.7 Å². The van der Waals surface area contributed by atoms with E-state index < -0.39 is 5.97 Å². The molecule has 0 aliphatic rings. The Morgan fingerprint density at radius 3 is 2.53 bits per heavy atom. The van der Waals surface area contributed by atoms with Crippen LogP contribution in [0.1, 0.15) is 22.8 Å². The third kappa shape index (κ3) is 5.25. The molecule has 0 spiro atoms. The van der Waals surface area contributed by atoms with Crippen LogP contribution < -0.4 is 10.6 Å². The van der Waals surface area contributed by atoms with E-state index in [0.717, 1.165) is 5.56 Å². The molecule has 5 heteroatoms. The Morgan fingerprint density at radius 1 is 1.37 bits per heavy atom. The van der Waals surface area contributed by atoms with Crippen LogP contribution in [0.15, 0.2) is 36.9 Å². The van der Waals surface area contributed by atoms with E-state index in [9.17, 15) is 9.59 Å². The number of amides is 2. The first kappa shape index (κ1) is 14.8. The second-order valence-corrected chi connectivity index (χ2v) is 4.18. The maximum Gasteiger partial charge on any atom is 0.335 e. The van der Waals surface area contributed by atoms with E-state index in [4.69, 9.17) is 5.11 Å². The summed E-state index contributed by atoms with van der Waals surface area (Å²) in [5, 5.41) is 14.2. The third-order valence-electron chi connectivity index (χ3n) is 2.61. The van der Waals surface area contributed by atoms with E-state index in [1.807, 2.05) is 6.92 Å². The molecule has 2 amide bonds. The van der Waals surface area contributed by atoms with Crippen LogP contribution in [0.5, 0.6) is 0 Å². The summed E-state index contributed by atoms with van der Waals surface area (Å²) in [7, 11) is 0. The lowest BCUT2D eigenvalue weighted by Crippen LogP contribution is -2.40. The molecule has 19 heavy (non-hydrogen) atoms. The number of benzene rings is 1. The monoisotopic (exact) mass is 262 g/mol.